The van der Waals surface area contributed by atoms with Gasteiger partial charge in [-0.05, 0) is 29.8 Å². The fraction of sp³-hybridized carbons (Fsp3) is 0.150. The zero-order valence-corrected chi connectivity index (χ0v) is 15.7. The molecular weight excluding hydrogens is 364 g/mol. The number of anilines is 1. The molecule has 0 unspecified atom stereocenters. The van der Waals surface area contributed by atoms with Crippen LogP contribution in [-0.4, -0.2) is 24.0 Å². The van der Waals surface area contributed by atoms with Crippen molar-refractivity contribution < 1.29 is 19.1 Å². The van der Waals surface area contributed by atoms with Gasteiger partial charge in [-0.3, -0.25) is 4.79 Å². The lowest BCUT2D eigenvalue weighted by Crippen LogP contribution is -2.05. The third kappa shape index (κ3) is 4.71. The van der Waals surface area contributed by atoms with Crippen LogP contribution >= 0.6 is 11.3 Å². The normalized spacial score (nSPS) is 10.3. The van der Waals surface area contributed by atoms with Gasteiger partial charge < -0.3 is 14.8 Å². The number of amides is 1. The number of carbonyl (C=O) groups excluding carboxylic acids is 2. The smallest absolute Gasteiger partial charge is 0.337 e. The van der Waals surface area contributed by atoms with Gasteiger partial charge >= 0.3 is 5.97 Å². The van der Waals surface area contributed by atoms with Gasteiger partial charge in [-0.2, -0.15) is 0 Å². The van der Waals surface area contributed by atoms with E-state index in [4.69, 9.17) is 9.47 Å². The lowest BCUT2D eigenvalue weighted by molar-refractivity contribution is -0.114. The Hall–Kier alpha value is -3.19. The van der Waals surface area contributed by atoms with E-state index >= 15 is 0 Å². The second-order valence-corrected chi connectivity index (χ2v) is 6.55. The molecule has 1 amide bonds. The third-order valence-corrected chi connectivity index (χ3v) is 4.48. The van der Waals surface area contributed by atoms with E-state index in [0.717, 1.165) is 16.8 Å². The third-order valence-electron chi connectivity index (χ3n) is 3.72. The molecule has 0 saturated carbocycles. The van der Waals surface area contributed by atoms with Gasteiger partial charge in [-0.25, -0.2) is 9.78 Å². The zero-order chi connectivity index (χ0) is 19.2. The van der Waals surface area contributed by atoms with Crippen molar-refractivity contribution in [2.75, 3.05) is 12.4 Å². The molecule has 0 saturated heterocycles. The van der Waals surface area contributed by atoms with E-state index in [1.54, 1.807) is 12.1 Å². The summed E-state index contributed by atoms with van der Waals surface area (Å²) in [5.74, 6) is 0.163. The summed E-state index contributed by atoms with van der Waals surface area (Å²) in [6.07, 6.45) is 0. The van der Waals surface area contributed by atoms with Crippen LogP contribution in [0.5, 0.6) is 5.75 Å². The molecular formula is C20H18N2O4S. The van der Waals surface area contributed by atoms with Crippen LogP contribution in [0.4, 0.5) is 5.13 Å². The van der Waals surface area contributed by atoms with E-state index in [2.05, 4.69) is 10.3 Å². The molecule has 0 aliphatic carbocycles. The molecule has 3 rings (SSSR count). The molecule has 0 radical (unpaired) electrons. The maximum absolute atomic E-state index is 11.5. The number of rotatable bonds is 6. The van der Waals surface area contributed by atoms with Crippen molar-refractivity contribution >= 4 is 28.3 Å². The maximum atomic E-state index is 11.5. The summed E-state index contributed by atoms with van der Waals surface area (Å²) in [7, 11) is 1.35. The molecule has 2 aromatic carbocycles. The number of benzene rings is 2. The summed E-state index contributed by atoms with van der Waals surface area (Å²) in [4.78, 5) is 27.1. The Balaban J connectivity index is 1.73. The molecule has 0 spiro atoms. The Bertz CT molecular complexity index is 951. The highest BCUT2D eigenvalue weighted by Crippen LogP contribution is 2.32. The predicted molar refractivity (Wildman–Crippen MR) is 104 cm³/mol. The molecule has 1 N–H and O–H groups in total. The average molecular weight is 382 g/mol. The number of para-hydroxylation sites is 1. The summed E-state index contributed by atoms with van der Waals surface area (Å²) in [5, 5.41) is 5.10. The van der Waals surface area contributed by atoms with Gasteiger partial charge in [0.05, 0.1) is 18.4 Å². The van der Waals surface area contributed by atoms with Crippen LogP contribution in [-0.2, 0) is 16.1 Å². The topological polar surface area (TPSA) is 77.5 Å². The van der Waals surface area contributed by atoms with Crippen LogP contribution in [0.2, 0.25) is 0 Å². The summed E-state index contributed by atoms with van der Waals surface area (Å²) in [6.45, 7) is 1.80. The fourth-order valence-electron chi connectivity index (χ4n) is 2.43. The van der Waals surface area contributed by atoms with E-state index < -0.39 is 0 Å². The van der Waals surface area contributed by atoms with E-state index in [9.17, 15) is 9.59 Å². The van der Waals surface area contributed by atoms with E-state index in [-0.39, 0.29) is 11.9 Å². The van der Waals surface area contributed by atoms with Crippen molar-refractivity contribution in [3.63, 3.8) is 0 Å². The largest absolute Gasteiger partial charge is 0.488 e. The highest BCUT2D eigenvalue weighted by Gasteiger charge is 2.11. The Morgan fingerprint density at radius 2 is 1.85 bits per heavy atom. The van der Waals surface area contributed by atoms with Crippen LogP contribution in [0.3, 0.4) is 0 Å². The lowest BCUT2D eigenvalue weighted by atomic mass is 10.1. The number of nitrogens with zero attached hydrogens (tertiary/aromatic N) is 1. The van der Waals surface area contributed by atoms with Gasteiger partial charge in [0.1, 0.15) is 12.4 Å². The Kier molecular flexibility index (Phi) is 5.83. The van der Waals surface area contributed by atoms with Gasteiger partial charge in [-0.15, -0.1) is 11.3 Å². The van der Waals surface area contributed by atoms with Crippen LogP contribution < -0.4 is 10.1 Å². The van der Waals surface area contributed by atoms with Gasteiger partial charge in [0.15, 0.2) is 5.13 Å². The summed E-state index contributed by atoms with van der Waals surface area (Å²) < 4.78 is 10.6. The molecule has 27 heavy (non-hydrogen) atoms. The lowest BCUT2D eigenvalue weighted by Gasteiger charge is -2.10. The summed E-state index contributed by atoms with van der Waals surface area (Å²) in [6, 6.07) is 14.6. The first kappa shape index (κ1) is 18.6. The van der Waals surface area contributed by atoms with Crippen molar-refractivity contribution in [2.24, 2.45) is 0 Å². The molecule has 0 bridgehead atoms. The van der Waals surface area contributed by atoms with E-state index in [1.165, 1.54) is 25.4 Å². The highest BCUT2D eigenvalue weighted by atomic mass is 32.1. The molecule has 6 nitrogen and oxygen atoms in total. The number of hydrogen-bond acceptors (Lipinski definition) is 6. The molecule has 1 aromatic heterocycles. The van der Waals surface area contributed by atoms with E-state index in [1.807, 2.05) is 41.8 Å². The second kappa shape index (κ2) is 8.46. The minimum Gasteiger partial charge on any atom is -0.488 e. The number of esters is 1. The number of carbonyl (C=O) groups is 2. The predicted octanol–water partition coefficient (Wildman–Crippen LogP) is 4.13. The average Bonchev–Trinajstić information content (AvgIpc) is 3.14. The molecule has 0 atom stereocenters. The fourth-order valence-corrected chi connectivity index (χ4v) is 3.18. The highest BCUT2D eigenvalue weighted by molar-refractivity contribution is 7.14. The molecule has 0 aliphatic heterocycles. The van der Waals surface area contributed by atoms with Gasteiger partial charge in [-0.1, -0.05) is 24.3 Å². The first-order chi connectivity index (χ1) is 13.1. The molecule has 0 aliphatic rings. The Morgan fingerprint density at radius 1 is 1.11 bits per heavy atom. The van der Waals surface area contributed by atoms with Crippen LogP contribution in [0, 0.1) is 0 Å². The quantitative estimate of drug-likeness (QED) is 0.649. The first-order valence-electron chi connectivity index (χ1n) is 8.19. The van der Waals surface area contributed by atoms with Crippen LogP contribution in [0.15, 0.2) is 53.9 Å². The van der Waals surface area contributed by atoms with Crippen molar-refractivity contribution in [3.8, 4) is 17.0 Å². The minimum absolute atomic E-state index is 0.157. The zero-order valence-electron chi connectivity index (χ0n) is 14.9. The molecule has 3 aromatic rings. The van der Waals surface area contributed by atoms with E-state index in [0.29, 0.717) is 23.1 Å². The molecule has 0 fully saturated rings. The SMILES string of the molecule is COC(=O)c1ccc(COc2ccccc2-c2csc(NC(C)=O)n2)cc1. The maximum Gasteiger partial charge on any atom is 0.337 e. The van der Waals surface area contributed by atoms with Crippen molar-refractivity contribution in [1.29, 1.82) is 0 Å². The molecule has 7 heteroatoms. The number of nitrogens with one attached hydrogen (secondary N) is 1. The molecule has 1 heterocycles. The number of hydrogen-bond donors (Lipinski definition) is 1. The van der Waals surface area contributed by atoms with Gasteiger partial charge in [0.25, 0.3) is 0 Å². The molecule has 138 valence electrons. The Labute approximate surface area is 160 Å². The Morgan fingerprint density at radius 3 is 2.56 bits per heavy atom. The van der Waals surface area contributed by atoms with Crippen molar-refractivity contribution in [3.05, 3.63) is 65.0 Å². The number of thiazole rings is 1. The van der Waals surface area contributed by atoms with Crippen molar-refractivity contribution in [1.82, 2.24) is 4.98 Å². The number of ether oxygens (including phenoxy) is 2. The first-order valence-corrected chi connectivity index (χ1v) is 9.07. The van der Waals surface area contributed by atoms with Crippen LogP contribution in [0.1, 0.15) is 22.8 Å². The van der Waals surface area contributed by atoms with Crippen molar-refractivity contribution in [2.45, 2.75) is 13.5 Å². The standard InChI is InChI=1S/C20H18N2O4S/c1-13(23)21-20-22-17(12-27-20)16-5-3-4-6-18(16)26-11-14-7-9-15(10-8-14)19(24)25-2/h3-10,12H,11H2,1-2H3,(H,21,22,23). The summed E-state index contributed by atoms with van der Waals surface area (Å²) >= 11 is 1.36. The summed E-state index contributed by atoms with van der Waals surface area (Å²) in [5.41, 5.74) is 3.00. The number of aromatic nitrogens is 1. The van der Waals surface area contributed by atoms with Crippen LogP contribution in [0.25, 0.3) is 11.3 Å². The monoisotopic (exact) mass is 382 g/mol. The second-order valence-electron chi connectivity index (χ2n) is 5.69. The van der Waals surface area contributed by atoms with Gasteiger partial charge in [0.2, 0.25) is 5.91 Å². The minimum atomic E-state index is -0.369. The number of methoxy groups -OCH3 is 1. The van der Waals surface area contributed by atoms with Gasteiger partial charge in [0, 0.05) is 17.9 Å².